The van der Waals surface area contributed by atoms with E-state index in [-0.39, 0.29) is 18.1 Å². The van der Waals surface area contributed by atoms with Gasteiger partial charge in [-0.3, -0.25) is 4.79 Å². The second kappa shape index (κ2) is 6.05. The Balaban J connectivity index is 1.93. The van der Waals surface area contributed by atoms with E-state index >= 15 is 0 Å². The molecule has 1 amide bonds. The highest BCUT2D eigenvalue weighted by Crippen LogP contribution is 2.08. The lowest BCUT2D eigenvalue weighted by atomic mass is 10.1. The van der Waals surface area contributed by atoms with Crippen molar-refractivity contribution < 1.29 is 13.6 Å². The van der Waals surface area contributed by atoms with Gasteiger partial charge in [0.2, 0.25) is 0 Å². The van der Waals surface area contributed by atoms with E-state index < -0.39 is 17.5 Å². The molecule has 2 aromatic rings. The predicted octanol–water partition coefficient (Wildman–Crippen LogP) is 1.31. The van der Waals surface area contributed by atoms with Gasteiger partial charge < -0.3 is 11.1 Å². The summed E-state index contributed by atoms with van der Waals surface area (Å²) >= 11 is 0. The molecule has 0 saturated carbocycles. The van der Waals surface area contributed by atoms with Gasteiger partial charge in [-0.15, -0.1) is 0 Å². The highest BCUT2D eigenvalue weighted by molar-refractivity contribution is 5.96. The standard InChI is InChI=1S/C13H12F2N4O/c14-9-5-8(6-10(15)7-9)1-2-19-13(20)11-12(16)18-4-3-17-11/h3-7H,1-2H2,(H2,16,18)(H,19,20). The molecule has 3 N–H and O–H groups in total. The van der Waals surface area contributed by atoms with Crippen molar-refractivity contribution in [1.82, 2.24) is 15.3 Å². The fourth-order valence-corrected chi connectivity index (χ4v) is 1.68. The number of nitrogens with two attached hydrogens (primary N) is 1. The van der Waals surface area contributed by atoms with Gasteiger partial charge in [0.25, 0.3) is 5.91 Å². The molecule has 0 bridgehead atoms. The topological polar surface area (TPSA) is 80.9 Å². The van der Waals surface area contributed by atoms with Gasteiger partial charge in [-0.1, -0.05) is 0 Å². The maximum atomic E-state index is 13.0. The Morgan fingerprint density at radius 3 is 2.45 bits per heavy atom. The average molecular weight is 278 g/mol. The van der Waals surface area contributed by atoms with Crippen molar-refractivity contribution >= 4 is 11.7 Å². The number of nitrogen functional groups attached to an aromatic ring is 1. The Morgan fingerprint density at radius 1 is 1.15 bits per heavy atom. The number of aromatic nitrogens is 2. The van der Waals surface area contributed by atoms with Crippen LogP contribution in [-0.4, -0.2) is 22.4 Å². The lowest BCUT2D eigenvalue weighted by Gasteiger charge is -2.06. The molecule has 0 fully saturated rings. The van der Waals surface area contributed by atoms with Crippen molar-refractivity contribution in [2.24, 2.45) is 0 Å². The Morgan fingerprint density at radius 2 is 1.80 bits per heavy atom. The minimum Gasteiger partial charge on any atom is -0.382 e. The summed E-state index contributed by atoms with van der Waals surface area (Å²) in [6.07, 6.45) is 3.02. The molecular weight excluding hydrogens is 266 g/mol. The van der Waals surface area contributed by atoms with Crippen molar-refractivity contribution in [3.8, 4) is 0 Å². The van der Waals surface area contributed by atoms with Crippen LogP contribution in [0.2, 0.25) is 0 Å². The fourth-order valence-electron chi connectivity index (χ4n) is 1.68. The summed E-state index contributed by atoms with van der Waals surface area (Å²) in [7, 11) is 0. The Hall–Kier alpha value is -2.57. The van der Waals surface area contributed by atoms with Crippen molar-refractivity contribution in [3.05, 3.63) is 53.5 Å². The Bertz CT molecular complexity index is 613. The van der Waals surface area contributed by atoms with Crippen molar-refractivity contribution in [2.45, 2.75) is 6.42 Å². The number of carbonyl (C=O) groups is 1. The monoisotopic (exact) mass is 278 g/mol. The van der Waals surface area contributed by atoms with Crippen LogP contribution in [0.1, 0.15) is 16.1 Å². The summed E-state index contributed by atoms with van der Waals surface area (Å²) in [5.41, 5.74) is 5.99. The Kier molecular flexibility index (Phi) is 4.19. The summed E-state index contributed by atoms with van der Waals surface area (Å²) in [4.78, 5) is 19.3. The summed E-state index contributed by atoms with van der Waals surface area (Å²) in [5, 5.41) is 2.56. The molecule has 0 atom stereocenters. The van der Waals surface area contributed by atoms with Gasteiger partial charge in [0.1, 0.15) is 11.6 Å². The lowest BCUT2D eigenvalue weighted by molar-refractivity contribution is 0.0950. The second-order valence-electron chi connectivity index (χ2n) is 4.07. The third-order valence-electron chi connectivity index (χ3n) is 2.56. The third-order valence-corrected chi connectivity index (χ3v) is 2.56. The molecule has 0 aliphatic carbocycles. The number of nitrogens with one attached hydrogen (secondary N) is 1. The number of hydrogen-bond donors (Lipinski definition) is 2. The minimum absolute atomic E-state index is 0.0259. The molecule has 0 unspecified atom stereocenters. The Labute approximate surface area is 113 Å². The molecule has 1 aromatic carbocycles. The molecular formula is C13H12F2N4O. The zero-order valence-corrected chi connectivity index (χ0v) is 10.4. The van der Waals surface area contributed by atoms with Gasteiger partial charge in [-0.25, -0.2) is 18.7 Å². The molecule has 20 heavy (non-hydrogen) atoms. The number of rotatable bonds is 4. The zero-order chi connectivity index (χ0) is 14.5. The van der Waals surface area contributed by atoms with Crippen molar-refractivity contribution in [3.63, 3.8) is 0 Å². The van der Waals surface area contributed by atoms with Gasteiger partial charge in [0.15, 0.2) is 11.5 Å². The fraction of sp³-hybridized carbons (Fsp3) is 0.154. The molecule has 1 heterocycles. The second-order valence-corrected chi connectivity index (χ2v) is 4.07. The molecule has 2 rings (SSSR count). The van der Waals surface area contributed by atoms with Gasteiger partial charge in [0, 0.05) is 25.0 Å². The van der Waals surface area contributed by atoms with Gasteiger partial charge in [-0.2, -0.15) is 0 Å². The summed E-state index contributed by atoms with van der Waals surface area (Å²) < 4.78 is 25.9. The van der Waals surface area contributed by atoms with Crippen LogP contribution in [0.15, 0.2) is 30.6 Å². The van der Waals surface area contributed by atoms with E-state index in [2.05, 4.69) is 15.3 Å². The maximum Gasteiger partial charge on any atom is 0.273 e. The van der Waals surface area contributed by atoms with Crippen LogP contribution < -0.4 is 11.1 Å². The quantitative estimate of drug-likeness (QED) is 0.883. The van der Waals surface area contributed by atoms with Crippen molar-refractivity contribution in [2.75, 3.05) is 12.3 Å². The zero-order valence-electron chi connectivity index (χ0n) is 10.4. The number of benzene rings is 1. The first-order chi connectivity index (χ1) is 9.56. The van der Waals surface area contributed by atoms with Crippen LogP contribution in [0.5, 0.6) is 0 Å². The van der Waals surface area contributed by atoms with Crippen LogP contribution in [0.25, 0.3) is 0 Å². The third kappa shape index (κ3) is 3.47. The van der Waals surface area contributed by atoms with Gasteiger partial charge in [0.05, 0.1) is 0 Å². The predicted molar refractivity (Wildman–Crippen MR) is 68.8 cm³/mol. The average Bonchev–Trinajstić information content (AvgIpc) is 2.38. The first-order valence-electron chi connectivity index (χ1n) is 5.86. The lowest BCUT2D eigenvalue weighted by Crippen LogP contribution is -2.27. The van der Waals surface area contributed by atoms with E-state index in [0.717, 1.165) is 6.07 Å². The summed E-state index contributed by atoms with van der Waals surface area (Å²) in [5.74, 6) is -1.75. The largest absolute Gasteiger partial charge is 0.382 e. The highest BCUT2D eigenvalue weighted by Gasteiger charge is 2.11. The normalized spacial score (nSPS) is 10.3. The van der Waals surface area contributed by atoms with E-state index in [4.69, 9.17) is 5.73 Å². The number of amides is 1. The highest BCUT2D eigenvalue weighted by atomic mass is 19.1. The van der Waals surface area contributed by atoms with E-state index in [0.29, 0.717) is 12.0 Å². The van der Waals surface area contributed by atoms with Crippen LogP contribution in [0.3, 0.4) is 0 Å². The molecule has 0 spiro atoms. The smallest absolute Gasteiger partial charge is 0.273 e. The first kappa shape index (κ1) is 13.9. The van der Waals surface area contributed by atoms with Gasteiger partial charge in [-0.05, 0) is 24.1 Å². The number of carbonyl (C=O) groups excluding carboxylic acids is 1. The maximum absolute atomic E-state index is 13.0. The van der Waals surface area contributed by atoms with Crippen LogP contribution in [-0.2, 0) is 6.42 Å². The van der Waals surface area contributed by atoms with E-state index in [1.165, 1.54) is 24.5 Å². The summed E-state index contributed by atoms with van der Waals surface area (Å²) in [6.45, 7) is 0.206. The molecule has 5 nitrogen and oxygen atoms in total. The van der Waals surface area contributed by atoms with Gasteiger partial charge >= 0.3 is 0 Å². The minimum atomic E-state index is -0.649. The molecule has 1 aromatic heterocycles. The van der Waals surface area contributed by atoms with E-state index in [1.54, 1.807) is 0 Å². The number of nitrogens with zero attached hydrogens (tertiary/aromatic N) is 2. The van der Waals surface area contributed by atoms with Crippen LogP contribution in [0, 0.1) is 11.6 Å². The van der Waals surface area contributed by atoms with Crippen LogP contribution in [0.4, 0.5) is 14.6 Å². The SMILES string of the molecule is Nc1nccnc1C(=O)NCCc1cc(F)cc(F)c1. The van der Waals surface area contributed by atoms with E-state index in [9.17, 15) is 13.6 Å². The number of anilines is 1. The van der Waals surface area contributed by atoms with E-state index in [1.807, 2.05) is 0 Å². The molecule has 7 heteroatoms. The van der Waals surface area contributed by atoms with Crippen LogP contribution >= 0.6 is 0 Å². The first-order valence-corrected chi connectivity index (χ1v) is 5.86. The molecule has 104 valence electrons. The molecule has 0 saturated heterocycles. The molecule has 0 aliphatic rings. The number of halogens is 2. The number of hydrogen-bond acceptors (Lipinski definition) is 4. The molecule has 0 radical (unpaired) electrons. The molecule has 0 aliphatic heterocycles. The summed E-state index contributed by atoms with van der Waals surface area (Å²) in [6, 6.07) is 3.22. The van der Waals surface area contributed by atoms with Crippen molar-refractivity contribution in [1.29, 1.82) is 0 Å².